The Balaban J connectivity index is 1.72. The summed E-state index contributed by atoms with van der Waals surface area (Å²) in [5.41, 5.74) is 5.46. The van der Waals surface area contributed by atoms with E-state index in [0.29, 0.717) is 17.9 Å². The molecule has 3 N–H and O–H groups in total. The minimum atomic E-state index is 0.290. The van der Waals surface area contributed by atoms with Crippen LogP contribution in [0.1, 0.15) is 45.4 Å². The summed E-state index contributed by atoms with van der Waals surface area (Å²) in [4.78, 5) is 12.0. The quantitative estimate of drug-likeness (QED) is 0.746. The zero-order valence-corrected chi connectivity index (χ0v) is 10.2. The predicted molar refractivity (Wildman–Crippen MR) is 64.8 cm³/mol. The molecule has 0 spiro atoms. The second-order valence-corrected chi connectivity index (χ2v) is 5.48. The van der Waals surface area contributed by atoms with Crippen LogP contribution in [-0.4, -0.2) is 18.5 Å². The molecule has 3 nitrogen and oxygen atoms in total. The molecule has 1 amide bonds. The average molecular weight is 224 g/mol. The highest BCUT2D eigenvalue weighted by molar-refractivity contribution is 5.82. The third-order valence-electron chi connectivity index (χ3n) is 4.19. The van der Waals surface area contributed by atoms with Crippen molar-refractivity contribution < 1.29 is 4.79 Å². The van der Waals surface area contributed by atoms with Gasteiger partial charge in [0, 0.05) is 12.0 Å². The molecule has 3 atom stereocenters. The lowest BCUT2D eigenvalue weighted by molar-refractivity contribution is -0.123. The lowest BCUT2D eigenvalue weighted by Gasteiger charge is -2.13. The predicted octanol–water partition coefficient (Wildman–Crippen LogP) is 1.67. The number of nitrogens with two attached hydrogens (primary N) is 1. The Labute approximate surface area is 98.2 Å². The van der Waals surface area contributed by atoms with Crippen molar-refractivity contribution in [1.29, 1.82) is 0 Å². The summed E-state index contributed by atoms with van der Waals surface area (Å²) in [6.45, 7) is 2.80. The maximum atomic E-state index is 12.0. The highest BCUT2D eigenvalue weighted by Gasteiger charge is 2.54. The van der Waals surface area contributed by atoms with E-state index in [1.807, 2.05) is 0 Å². The van der Waals surface area contributed by atoms with Gasteiger partial charge in [-0.1, -0.05) is 12.8 Å². The van der Waals surface area contributed by atoms with Crippen molar-refractivity contribution >= 4 is 5.91 Å². The third kappa shape index (κ3) is 2.57. The Hall–Kier alpha value is -0.570. The topological polar surface area (TPSA) is 55.1 Å². The summed E-state index contributed by atoms with van der Waals surface area (Å²) in [6.07, 6.45) is 7.21. The zero-order chi connectivity index (χ0) is 11.5. The van der Waals surface area contributed by atoms with Crippen LogP contribution in [0.25, 0.3) is 0 Å². The molecule has 0 heterocycles. The summed E-state index contributed by atoms with van der Waals surface area (Å²) in [5.74, 6) is 2.09. The Bertz CT molecular complexity index is 242. The molecule has 0 bridgehead atoms. The van der Waals surface area contributed by atoms with E-state index in [2.05, 4.69) is 12.2 Å². The Morgan fingerprint density at radius 1 is 1.38 bits per heavy atom. The molecule has 2 fully saturated rings. The van der Waals surface area contributed by atoms with Crippen LogP contribution in [0, 0.1) is 17.8 Å². The molecular formula is C13H24N2O. The molecule has 3 heteroatoms. The minimum absolute atomic E-state index is 0.290. The summed E-state index contributed by atoms with van der Waals surface area (Å²) in [7, 11) is 0. The van der Waals surface area contributed by atoms with E-state index in [0.717, 1.165) is 31.2 Å². The number of hydrogen-bond acceptors (Lipinski definition) is 2. The van der Waals surface area contributed by atoms with E-state index in [-0.39, 0.29) is 0 Å². The summed E-state index contributed by atoms with van der Waals surface area (Å²) in [6, 6.07) is 0.290. The van der Waals surface area contributed by atoms with Crippen molar-refractivity contribution in [3.63, 3.8) is 0 Å². The third-order valence-corrected chi connectivity index (χ3v) is 4.19. The molecule has 0 aliphatic heterocycles. The second-order valence-electron chi connectivity index (χ2n) is 5.48. The molecule has 0 radical (unpaired) electrons. The SMILES string of the molecule is CC(CCCN)NC(=O)C1C2CCCCC21. The Morgan fingerprint density at radius 3 is 2.56 bits per heavy atom. The first kappa shape index (κ1) is 11.9. The van der Waals surface area contributed by atoms with Crippen LogP contribution in [0.2, 0.25) is 0 Å². The molecular weight excluding hydrogens is 200 g/mol. The number of rotatable bonds is 5. The first-order valence-electron chi connectivity index (χ1n) is 6.74. The number of carbonyl (C=O) groups excluding carboxylic acids is 1. The van der Waals surface area contributed by atoms with Crippen LogP contribution in [0.4, 0.5) is 0 Å². The van der Waals surface area contributed by atoms with Gasteiger partial charge in [0.15, 0.2) is 0 Å². The fourth-order valence-corrected chi connectivity index (χ4v) is 3.22. The standard InChI is InChI=1S/C13H24N2O/c1-9(5-4-8-14)15-13(16)12-10-6-2-3-7-11(10)12/h9-12H,2-8,14H2,1H3,(H,15,16). The second kappa shape index (κ2) is 5.17. The van der Waals surface area contributed by atoms with Crippen LogP contribution in [0.5, 0.6) is 0 Å². The fourth-order valence-electron chi connectivity index (χ4n) is 3.22. The molecule has 0 aromatic carbocycles. The van der Waals surface area contributed by atoms with Crippen molar-refractivity contribution in [3.8, 4) is 0 Å². The lowest BCUT2D eigenvalue weighted by atomic mass is 10.0. The molecule has 2 aliphatic carbocycles. The van der Waals surface area contributed by atoms with Gasteiger partial charge >= 0.3 is 0 Å². The molecule has 2 rings (SSSR count). The van der Waals surface area contributed by atoms with Gasteiger partial charge in [0.05, 0.1) is 0 Å². The van der Waals surface area contributed by atoms with Crippen molar-refractivity contribution in [2.45, 2.75) is 51.5 Å². The Kier molecular flexibility index (Phi) is 3.85. The average Bonchev–Trinajstić information content (AvgIpc) is 3.00. The van der Waals surface area contributed by atoms with Gasteiger partial charge in [0.25, 0.3) is 0 Å². The molecule has 92 valence electrons. The molecule has 3 unspecified atom stereocenters. The molecule has 16 heavy (non-hydrogen) atoms. The van der Waals surface area contributed by atoms with Gasteiger partial charge in [-0.3, -0.25) is 4.79 Å². The van der Waals surface area contributed by atoms with Gasteiger partial charge in [-0.2, -0.15) is 0 Å². The molecule has 2 aliphatic rings. The summed E-state index contributed by atoms with van der Waals surface area (Å²) < 4.78 is 0. The molecule has 0 aromatic rings. The Morgan fingerprint density at radius 2 is 2.00 bits per heavy atom. The van der Waals surface area contributed by atoms with Crippen LogP contribution >= 0.6 is 0 Å². The van der Waals surface area contributed by atoms with Crippen LogP contribution in [0.15, 0.2) is 0 Å². The van der Waals surface area contributed by atoms with E-state index in [4.69, 9.17) is 5.73 Å². The van der Waals surface area contributed by atoms with Gasteiger partial charge in [-0.05, 0) is 51.0 Å². The normalized spacial score (nSPS) is 34.0. The maximum Gasteiger partial charge on any atom is 0.223 e. The van der Waals surface area contributed by atoms with Crippen molar-refractivity contribution in [2.75, 3.05) is 6.54 Å². The van der Waals surface area contributed by atoms with E-state index < -0.39 is 0 Å². The first-order valence-corrected chi connectivity index (χ1v) is 6.74. The summed E-state index contributed by atoms with van der Waals surface area (Å²) >= 11 is 0. The number of amides is 1. The highest BCUT2D eigenvalue weighted by atomic mass is 16.2. The number of carbonyl (C=O) groups is 1. The smallest absolute Gasteiger partial charge is 0.223 e. The van der Waals surface area contributed by atoms with Crippen molar-refractivity contribution in [1.82, 2.24) is 5.32 Å². The number of nitrogens with one attached hydrogen (secondary N) is 1. The lowest BCUT2D eigenvalue weighted by Crippen LogP contribution is -2.34. The highest BCUT2D eigenvalue weighted by Crippen LogP contribution is 2.55. The van der Waals surface area contributed by atoms with Crippen LogP contribution < -0.4 is 11.1 Å². The van der Waals surface area contributed by atoms with Crippen LogP contribution in [-0.2, 0) is 4.79 Å². The summed E-state index contributed by atoms with van der Waals surface area (Å²) in [5, 5.41) is 3.14. The van der Waals surface area contributed by atoms with Gasteiger partial charge in [0.2, 0.25) is 5.91 Å². The minimum Gasteiger partial charge on any atom is -0.353 e. The number of hydrogen-bond donors (Lipinski definition) is 2. The van der Waals surface area contributed by atoms with Gasteiger partial charge in [-0.15, -0.1) is 0 Å². The van der Waals surface area contributed by atoms with E-state index in [9.17, 15) is 4.79 Å². The van der Waals surface area contributed by atoms with Gasteiger partial charge in [-0.25, -0.2) is 0 Å². The molecule has 0 saturated heterocycles. The van der Waals surface area contributed by atoms with E-state index in [1.54, 1.807) is 0 Å². The molecule has 2 saturated carbocycles. The van der Waals surface area contributed by atoms with Crippen molar-refractivity contribution in [2.24, 2.45) is 23.5 Å². The van der Waals surface area contributed by atoms with Gasteiger partial charge < -0.3 is 11.1 Å². The molecule has 0 aromatic heterocycles. The fraction of sp³-hybridized carbons (Fsp3) is 0.923. The van der Waals surface area contributed by atoms with E-state index >= 15 is 0 Å². The van der Waals surface area contributed by atoms with Crippen LogP contribution in [0.3, 0.4) is 0 Å². The first-order chi connectivity index (χ1) is 7.74. The zero-order valence-electron chi connectivity index (χ0n) is 10.2. The van der Waals surface area contributed by atoms with E-state index in [1.165, 1.54) is 25.7 Å². The monoisotopic (exact) mass is 224 g/mol. The van der Waals surface area contributed by atoms with Gasteiger partial charge in [0.1, 0.15) is 0 Å². The largest absolute Gasteiger partial charge is 0.353 e. The maximum absolute atomic E-state index is 12.0. The van der Waals surface area contributed by atoms with Crippen molar-refractivity contribution in [3.05, 3.63) is 0 Å². The number of fused-ring (bicyclic) bond motifs is 1.